The van der Waals surface area contributed by atoms with E-state index in [9.17, 15) is 18.3 Å². The van der Waals surface area contributed by atoms with Gasteiger partial charge < -0.3 is 15.2 Å². The molecule has 9 heteroatoms. The summed E-state index contributed by atoms with van der Waals surface area (Å²) in [6.45, 7) is 0.410. The second-order valence-corrected chi connectivity index (χ2v) is 8.73. The Balaban J connectivity index is 1.63. The van der Waals surface area contributed by atoms with Gasteiger partial charge in [-0.2, -0.15) is 13.9 Å². The molecule has 1 aliphatic rings. The average molecular weight is 468 g/mol. The molecule has 3 heterocycles. The average Bonchev–Trinajstić information content (AvgIpc) is 3.19. The number of nitrogens with zero attached hydrogens (tertiary/aromatic N) is 3. The first-order valence-electron chi connectivity index (χ1n) is 10.9. The fourth-order valence-corrected chi connectivity index (χ4v) is 4.27. The Hall–Kier alpha value is -3.43. The highest BCUT2D eigenvalue weighted by molar-refractivity contribution is 5.62. The van der Waals surface area contributed by atoms with Crippen LogP contribution in [0, 0.1) is 0 Å². The summed E-state index contributed by atoms with van der Waals surface area (Å²) in [5.74, 6) is 0.00608. The van der Waals surface area contributed by atoms with Crippen molar-refractivity contribution >= 4 is 5.65 Å². The molecule has 1 aliphatic heterocycles. The molecular formula is C25H23F3N4O2. The van der Waals surface area contributed by atoms with Gasteiger partial charge in [-0.15, -0.1) is 0 Å². The lowest BCUT2D eigenvalue weighted by atomic mass is 9.96. The summed E-state index contributed by atoms with van der Waals surface area (Å²) in [7, 11) is 0. The Morgan fingerprint density at radius 3 is 2.53 bits per heavy atom. The molecule has 6 nitrogen and oxygen atoms in total. The molecule has 5 rings (SSSR count). The third-order valence-corrected chi connectivity index (χ3v) is 5.95. The van der Waals surface area contributed by atoms with E-state index in [0.717, 1.165) is 11.1 Å². The lowest BCUT2D eigenvalue weighted by Gasteiger charge is -2.27. The maximum Gasteiger partial charge on any atom is 0.387 e. The fourth-order valence-electron chi connectivity index (χ4n) is 4.27. The minimum atomic E-state index is -2.99. The highest BCUT2D eigenvalue weighted by Crippen LogP contribution is 2.38. The number of aromatic nitrogens is 3. The smallest absolute Gasteiger partial charge is 0.387 e. The standard InChI is InChI=1S/C25H23F3N4O2/c1-25(2,33)15-9-7-14(8-10-15)18-11-12-20-30-22-17(26)13-29-21(23(22)32(20)31-18)16-5-3-4-6-19(16)34-24(27)28/h3-12,17,21,24,29,33H,13H2,1-2H3/t17-,21-/m0/s1. The molecule has 0 saturated heterocycles. The Kier molecular flexibility index (Phi) is 5.53. The molecule has 2 aromatic carbocycles. The van der Waals surface area contributed by atoms with E-state index < -0.39 is 24.4 Å². The van der Waals surface area contributed by atoms with E-state index in [1.54, 1.807) is 48.7 Å². The van der Waals surface area contributed by atoms with Crippen LogP contribution >= 0.6 is 0 Å². The van der Waals surface area contributed by atoms with Gasteiger partial charge in [0.2, 0.25) is 0 Å². The van der Waals surface area contributed by atoms with Crippen molar-refractivity contribution in [3.8, 4) is 17.0 Å². The van der Waals surface area contributed by atoms with Crippen LogP contribution in [0.4, 0.5) is 13.2 Å². The van der Waals surface area contributed by atoms with Crippen LogP contribution in [0.25, 0.3) is 16.9 Å². The molecule has 2 aromatic heterocycles. The number of halogens is 3. The summed E-state index contributed by atoms with van der Waals surface area (Å²) in [5, 5.41) is 18.0. The molecule has 0 amide bonds. The number of para-hydroxylation sites is 1. The molecule has 0 aliphatic carbocycles. The topological polar surface area (TPSA) is 71.7 Å². The van der Waals surface area contributed by atoms with Crippen LogP contribution in [-0.4, -0.2) is 32.9 Å². The van der Waals surface area contributed by atoms with Gasteiger partial charge in [0.05, 0.1) is 23.0 Å². The predicted molar refractivity (Wildman–Crippen MR) is 120 cm³/mol. The first-order valence-corrected chi connectivity index (χ1v) is 10.9. The number of benzene rings is 2. The van der Waals surface area contributed by atoms with Crippen LogP contribution in [0.2, 0.25) is 0 Å². The molecule has 34 heavy (non-hydrogen) atoms. The zero-order valence-electron chi connectivity index (χ0n) is 18.5. The number of alkyl halides is 3. The summed E-state index contributed by atoms with van der Waals surface area (Å²) in [6, 6.07) is 16.7. The van der Waals surface area contributed by atoms with Crippen molar-refractivity contribution in [1.82, 2.24) is 19.9 Å². The number of hydrogen-bond donors (Lipinski definition) is 2. The van der Waals surface area contributed by atoms with Gasteiger partial charge in [0.1, 0.15) is 11.4 Å². The van der Waals surface area contributed by atoms with Crippen LogP contribution < -0.4 is 10.1 Å². The first-order chi connectivity index (χ1) is 16.2. The highest BCUT2D eigenvalue weighted by atomic mass is 19.3. The molecule has 0 radical (unpaired) electrons. The largest absolute Gasteiger partial charge is 0.434 e. The minimum absolute atomic E-state index is 0.00608. The van der Waals surface area contributed by atoms with Crippen LogP contribution in [0.3, 0.4) is 0 Å². The third kappa shape index (κ3) is 4.01. The molecule has 176 valence electrons. The number of fused-ring (bicyclic) bond motifs is 3. The predicted octanol–water partition coefficient (Wildman–Crippen LogP) is 4.93. The number of rotatable bonds is 5. The van der Waals surface area contributed by atoms with E-state index in [2.05, 4.69) is 10.3 Å². The van der Waals surface area contributed by atoms with E-state index in [0.29, 0.717) is 22.6 Å². The highest BCUT2D eigenvalue weighted by Gasteiger charge is 2.35. The van der Waals surface area contributed by atoms with E-state index in [-0.39, 0.29) is 18.0 Å². The van der Waals surface area contributed by atoms with Crippen LogP contribution in [0.1, 0.15) is 48.6 Å². The van der Waals surface area contributed by atoms with Crippen molar-refractivity contribution in [2.24, 2.45) is 0 Å². The van der Waals surface area contributed by atoms with Crippen molar-refractivity contribution in [2.75, 3.05) is 6.54 Å². The van der Waals surface area contributed by atoms with Gasteiger partial charge in [0.25, 0.3) is 0 Å². The molecule has 0 spiro atoms. The maximum atomic E-state index is 14.9. The Bertz CT molecular complexity index is 1330. The molecular weight excluding hydrogens is 445 g/mol. The van der Waals surface area contributed by atoms with Gasteiger partial charge in [0.15, 0.2) is 11.8 Å². The van der Waals surface area contributed by atoms with Crippen LogP contribution in [-0.2, 0) is 5.60 Å². The zero-order valence-corrected chi connectivity index (χ0v) is 18.5. The quantitative estimate of drug-likeness (QED) is 0.435. The lowest BCUT2D eigenvalue weighted by molar-refractivity contribution is -0.0506. The summed E-state index contributed by atoms with van der Waals surface area (Å²) < 4.78 is 47.2. The Morgan fingerprint density at radius 1 is 1.09 bits per heavy atom. The SMILES string of the molecule is CC(C)(O)c1ccc(-c2ccc3nc4c(n3n2)[C@H](c2ccccc2OC(F)F)NC[C@@H]4F)cc1. The molecule has 0 unspecified atom stereocenters. The molecule has 2 N–H and O–H groups in total. The normalized spacial score (nSPS) is 18.3. The second-order valence-electron chi connectivity index (χ2n) is 8.73. The number of ether oxygens (including phenoxy) is 1. The Labute approximate surface area is 194 Å². The van der Waals surface area contributed by atoms with E-state index in [4.69, 9.17) is 9.84 Å². The van der Waals surface area contributed by atoms with Gasteiger partial charge in [-0.25, -0.2) is 13.9 Å². The monoisotopic (exact) mass is 468 g/mol. The van der Waals surface area contributed by atoms with Crippen molar-refractivity contribution in [2.45, 2.75) is 38.3 Å². The summed E-state index contributed by atoms with van der Waals surface area (Å²) in [5.41, 5.74) is 2.76. The number of imidazole rings is 1. The first kappa shape index (κ1) is 22.4. The summed E-state index contributed by atoms with van der Waals surface area (Å²) in [4.78, 5) is 4.45. The van der Waals surface area contributed by atoms with Crippen molar-refractivity contribution < 1.29 is 23.0 Å². The zero-order chi connectivity index (χ0) is 24.0. The fraction of sp³-hybridized carbons (Fsp3) is 0.280. The van der Waals surface area contributed by atoms with Gasteiger partial charge >= 0.3 is 6.61 Å². The molecule has 4 aromatic rings. The number of nitrogens with one attached hydrogen (secondary N) is 1. The van der Waals surface area contributed by atoms with Crippen LogP contribution in [0.15, 0.2) is 60.7 Å². The summed E-state index contributed by atoms with van der Waals surface area (Å²) in [6.07, 6.45) is -1.37. The van der Waals surface area contributed by atoms with Gasteiger partial charge in [-0.05, 0) is 37.6 Å². The van der Waals surface area contributed by atoms with Crippen molar-refractivity contribution in [1.29, 1.82) is 0 Å². The van der Waals surface area contributed by atoms with Gasteiger partial charge in [0, 0.05) is 17.7 Å². The van der Waals surface area contributed by atoms with Crippen molar-refractivity contribution in [3.63, 3.8) is 0 Å². The van der Waals surface area contributed by atoms with Gasteiger partial charge in [-0.3, -0.25) is 0 Å². The maximum absolute atomic E-state index is 14.9. The summed E-state index contributed by atoms with van der Waals surface area (Å²) >= 11 is 0. The molecule has 2 atom stereocenters. The van der Waals surface area contributed by atoms with E-state index >= 15 is 0 Å². The Morgan fingerprint density at radius 2 is 1.82 bits per heavy atom. The minimum Gasteiger partial charge on any atom is -0.434 e. The lowest BCUT2D eigenvalue weighted by Crippen LogP contribution is -2.33. The third-order valence-electron chi connectivity index (χ3n) is 5.95. The molecule has 0 saturated carbocycles. The van der Waals surface area contributed by atoms with E-state index in [1.165, 1.54) is 6.07 Å². The van der Waals surface area contributed by atoms with Crippen molar-refractivity contribution in [3.05, 3.63) is 83.2 Å². The van der Waals surface area contributed by atoms with E-state index in [1.807, 2.05) is 24.3 Å². The molecule has 0 bridgehead atoms. The number of aliphatic hydroxyl groups is 1. The van der Waals surface area contributed by atoms with Crippen LogP contribution in [0.5, 0.6) is 5.75 Å². The van der Waals surface area contributed by atoms with Gasteiger partial charge in [-0.1, -0.05) is 42.5 Å². The molecule has 0 fully saturated rings. The number of hydrogen-bond acceptors (Lipinski definition) is 5. The second kappa shape index (κ2) is 8.41.